The molecule has 5 heteroatoms. The van der Waals surface area contributed by atoms with E-state index >= 15 is 0 Å². The van der Waals surface area contributed by atoms with E-state index in [1.807, 2.05) is 18.2 Å². The first-order chi connectivity index (χ1) is 15.5. The van der Waals surface area contributed by atoms with E-state index in [1.165, 1.54) is 30.2 Å². The molecule has 3 atom stereocenters. The summed E-state index contributed by atoms with van der Waals surface area (Å²) in [4.78, 5) is 11.7. The number of ether oxygens (including phenoxy) is 4. The van der Waals surface area contributed by atoms with Gasteiger partial charge in [0.1, 0.15) is 17.6 Å². The zero-order valence-corrected chi connectivity index (χ0v) is 19.2. The molecule has 32 heavy (non-hydrogen) atoms. The second-order valence-corrected chi connectivity index (χ2v) is 9.89. The van der Waals surface area contributed by atoms with Gasteiger partial charge in [-0.3, -0.25) is 4.79 Å². The Labute approximate surface area is 190 Å². The lowest BCUT2D eigenvalue weighted by molar-refractivity contribution is -0.141. The maximum Gasteiger partial charge on any atom is 0.306 e. The highest BCUT2D eigenvalue weighted by molar-refractivity contribution is 5.71. The number of carbonyl (C=O) groups is 1. The van der Waals surface area contributed by atoms with Gasteiger partial charge in [0.15, 0.2) is 0 Å². The first-order valence-corrected chi connectivity index (χ1v) is 11.7. The zero-order chi connectivity index (χ0) is 22.3. The molecule has 0 aromatic heterocycles. The Morgan fingerprint density at radius 1 is 1.16 bits per heavy atom. The Kier molecular flexibility index (Phi) is 5.62. The molecular weight excluding hydrogens is 404 g/mol. The van der Waals surface area contributed by atoms with E-state index in [1.54, 1.807) is 0 Å². The van der Waals surface area contributed by atoms with Crippen LogP contribution in [0.3, 0.4) is 0 Å². The number of fused-ring (bicyclic) bond motifs is 2. The first kappa shape index (κ1) is 21.3. The number of carbonyl (C=O) groups excluding carboxylic acids is 1. The normalized spacial score (nSPS) is 25.5. The predicted molar refractivity (Wildman–Crippen MR) is 121 cm³/mol. The van der Waals surface area contributed by atoms with Gasteiger partial charge >= 0.3 is 5.97 Å². The average Bonchev–Trinajstić information content (AvgIpc) is 3.37. The van der Waals surface area contributed by atoms with E-state index in [2.05, 4.69) is 32.0 Å². The predicted octanol–water partition coefficient (Wildman–Crippen LogP) is 5.67. The molecule has 1 aliphatic carbocycles. The van der Waals surface area contributed by atoms with Gasteiger partial charge in [-0.15, -0.1) is 0 Å². The van der Waals surface area contributed by atoms with Crippen molar-refractivity contribution in [2.45, 2.75) is 64.1 Å². The molecule has 2 aromatic rings. The third kappa shape index (κ3) is 3.88. The van der Waals surface area contributed by atoms with Gasteiger partial charge in [0.05, 0.1) is 26.2 Å². The quantitative estimate of drug-likeness (QED) is 0.565. The van der Waals surface area contributed by atoms with Crippen molar-refractivity contribution < 1.29 is 23.7 Å². The Balaban J connectivity index is 1.35. The molecule has 0 radical (unpaired) electrons. The van der Waals surface area contributed by atoms with Crippen LogP contribution in [0.5, 0.6) is 11.5 Å². The fraction of sp³-hybridized carbons (Fsp3) is 0.519. The largest absolute Gasteiger partial charge is 0.492 e. The van der Waals surface area contributed by atoms with Crippen molar-refractivity contribution >= 4 is 5.97 Å². The third-order valence-electron chi connectivity index (χ3n) is 7.28. The van der Waals surface area contributed by atoms with Crippen LogP contribution in [0.25, 0.3) is 0 Å². The topological polar surface area (TPSA) is 54.0 Å². The fourth-order valence-corrected chi connectivity index (χ4v) is 5.56. The number of esters is 1. The van der Waals surface area contributed by atoms with Gasteiger partial charge in [0.2, 0.25) is 0 Å². The number of hydrogen-bond donors (Lipinski definition) is 0. The Hall–Kier alpha value is -2.53. The molecule has 0 spiro atoms. The summed E-state index contributed by atoms with van der Waals surface area (Å²) in [6.07, 6.45) is 4.80. The van der Waals surface area contributed by atoms with E-state index < -0.39 is 0 Å². The molecule has 0 N–H and O–H groups in total. The minimum absolute atomic E-state index is 0.0296. The summed E-state index contributed by atoms with van der Waals surface area (Å²) in [5.41, 5.74) is 5.20. The van der Waals surface area contributed by atoms with Crippen molar-refractivity contribution in [3.63, 3.8) is 0 Å². The number of methoxy groups -OCH3 is 1. The molecule has 1 fully saturated rings. The van der Waals surface area contributed by atoms with E-state index in [-0.39, 0.29) is 29.5 Å². The van der Waals surface area contributed by atoms with Crippen LogP contribution in [-0.2, 0) is 20.7 Å². The minimum atomic E-state index is -0.213. The summed E-state index contributed by atoms with van der Waals surface area (Å²) >= 11 is 0. The molecule has 0 saturated carbocycles. The smallest absolute Gasteiger partial charge is 0.306 e. The standard InChI is InChI=1S/C27H32O5/c1-27(2)12-5-13-30-26(27)22-7-4-6-21-20(22)10-11-23(21)32-18-8-9-19-17(14-25(28)29-3)16-31-24(19)15-18/h4,6-9,15,17,23,26H,5,10-14,16H2,1-3H3/t17-,23-,26-/m1/s1. The van der Waals surface area contributed by atoms with Crippen molar-refractivity contribution in [1.82, 2.24) is 0 Å². The molecule has 2 heterocycles. The fourth-order valence-electron chi connectivity index (χ4n) is 5.56. The number of hydrogen-bond acceptors (Lipinski definition) is 5. The van der Waals surface area contributed by atoms with Gasteiger partial charge < -0.3 is 18.9 Å². The lowest BCUT2D eigenvalue weighted by Gasteiger charge is -2.39. The second-order valence-electron chi connectivity index (χ2n) is 9.89. The Morgan fingerprint density at radius 2 is 2.00 bits per heavy atom. The Morgan fingerprint density at radius 3 is 2.81 bits per heavy atom. The molecule has 170 valence electrons. The molecule has 0 amide bonds. The van der Waals surface area contributed by atoms with Crippen LogP contribution in [0.4, 0.5) is 0 Å². The van der Waals surface area contributed by atoms with Crippen molar-refractivity contribution in [2.24, 2.45) is 5.41 Å². The molecule has 5 nitrogen and oxygen atoms in total. The van der Waals surface area contributed by atoms with E-state index in [0.29, 0.717) is 13.0 Å². The van der Waals surface area contributed by atoms with Crippen LogP contribution in [0.15, 0.2) is 36.4 Å². The average molecular weight is 437 g/mol. The van der Waals surface area contributed by atoms with Crippen molar-refractivity contribution in [3.05, 3.63) is 58.7 Å². The monoisotopic (exact) mass is 436 g/mol. The van der Waals surface area contributed by atoms with Crippen LogP contribution < -0.4 is 9.47 Å². The molecule has 0 unspecified atom stereocenters. The van der Waals surface area contributed by atoms with E-state index in [9.17, 15) is 4.79 Å². The van der Waals surface area contributed by atoms with E-state index in [0.717, 1.165) is 42.9 Å². The zero-order valence-electron chi connectivity index (χ0n) is 19.2. The second kappa shape index (κ2) is 8.43. The molecule has 0 bridgehead atoms. The molecule has 2 aromatic carbocycles. The molecule has 5 rings (SSSR count). The lowest BCUT2D eigenvalue weighted by Crippen LogP contribution is -2.30. The Bertz CT molecular complexity index is 1010. The molecule has 1 saturated heterocycles. The molecule has 3 aliphatic rings. The highest BCUT2D eigenvalue weighted by Crippen LogP contribution is 2.48. The summed E-state index contributed by atoms with van der Waals surface area (Å²) in [6.45, 7) is 5.97. The summed E-state index contributed by atoms with van der Waals surface area (Å²) < 4.78 is 23.4. The van der Waals surface area contributed by atoms with Crippen molar-refractivity contribution in [3.8, 4) is 11.5 Å². The van der Waals surface area contributed by atoms with Gasteiger partial charge in [-0.1, -0.05) is 38.1 Å². The van der Waals surface area contributed by atoms with Crippen LogP contribution in [0.1, 0.15) is 79.9 Å². The lowest BCUT2D eigenvalue weighted by atomic mass is 9.76. The van der Waals surface area contributed by atoms with Crippen molar-refractivity contribution in [2.75, 3.05) is 20.3 Å². The van der Waals surface area contributed by atoms with Crippen LogP contribution in [0, 0.1) is 5.41 Å². The van der Waals surface area contributed by atoms with Crippen molar-refractivity contribution in [1.29, 1.82) is 0 Å². The van der Waals surface area contributed by atoms with Gasteiger partial charge in [-0.25, -0.2) is 0 Å². The highest BCUT2D eigenvalue weighted by Gasteiger charge is 2.38. The third-order valence-corrected chi connectivity index (χ3v) is 7.28. The summed E-state index contributed by atoms with van der Waals surface area (Å²) in [5.74, 6) is 1.44. The maximum absolute atomic E-state index is 11.7. The van der Waals surface area contributed by atoms with Crippen LogP contribution in [0.2, 0.25) is 0 Å². The number of benzene rings is 2. The molecular formula is C27H32O5. The van der Waals surface area contributed by atoms with Gasteiger partial charge in [0, 0.05) is 24.2 Å². The highest BCUT2D eigenvalue weighted by atomic mass is 16.5. The van der Waals surface area contributed by atoms with Gasteiger partial charge in [-0.05, 0) is 53.9 Å². The van der Waals surface area contributed by atoms with E-state index in [4.69, 9.17) is 18.9 Å². The first-order valence-electron chi connectivity index (χ1n) is 11.7. The number of rotatable bonds is 5. The van der Waals surface area contributed by atoms with Crippen LogP contribution >= 0.6 is 0 Å². The SMILES string of the molecule is COC(=O)C[C@@H]1COc2cc(O[C@@H]3CCc4c([C@H]5OCCCC5(C)C)cccc43)ccc21. The minimum Gasteiger partial charge on any atom is -0.492 e. The summed E-state index contributed by atoms with van der Waals surface area (Å²) in [5, 5.41) is 0. The van der Waals surface area contributed by atoms with Gasteiger partial charge in [0.25, 0.3) is 0 Å². The summed E-state index contributed by atoms with van der Waals surface area (Å²) in [7, 11) is 1.42. The summed E-state index contributed by atoms with van der Waals surface area (Å²) in [6, 6.07) is 12.6. The maximum atomic E-state index is 11.7. The molecule has 2 aliphatic heterocycles. The van der Waals surface area contributed by atoms with Crippen LogP contribution in [-0.4, -0.2) is 26.3 Å². The van der Waals surface area contributed by atoms with Gasteiger partial charge in [-0.2, -0.15) is 0 Å².